The van der Waals surface area contributed by atoms with Crippen LogP contribution in [0.5, 0.6) is 5.75 Å². The smallest absolute Gasteiger partial charge is 0.266 e. The van der Waals surface area contributed by atoms with Gasteiger partial charge < -0.3 is 24.8 Å². The number of aryl methyl sites for hydroxylation is 1. The van der Waals surface area contributed by atoms with E-state index in [2.05, 4.69) is 49.6 Å². The number of amides is 1. The molecule has 40 heavy (non-hydrogen) atoms. The molecule has 5 rings (SSSR count). The van der Waals surface area contributed by atoms with E-state index in [1.54, 1.807) is 0 Å². The number of rotatable bonds is 11. The van der Waals surface area contributed by atoms with Gasteiger partial charge in [-0.2, -0.15) is 10.1 Å². The van der Waals surface area contributed by atoms with Crippen LogP contribution in [0.15, 0.2) is 27.8 Å². The summed E-state index contributed by atoms with van der Waals surface area (Å²) in [6, 6.07) is 6.08. The molecule has 10 nitrogen and oxygen atoms in total. The molecular weight excluding hydrogens is 506 g/mol. The van der Waals surface area contributed by atoms with Crippen LogP contribution in [-0.2, 0) is 0 Å². The Balaban J connectivity index is 0.992. The Morgan fingerprint density at radius 3 is 2.77 bits per heavy atom. The molecule has 2 N–H and O–H groups in total. The van der Waals surface area contributed by atoms with E-state index in [-0.39, 0.29) is 23.9 Å². The van der Waals surface area contributed by atoms with Gasteiger partial charge in [0.25, 0.3) is 11.9 Å². The molecule has 4 heterocycles. The first-order valence-corrected chi connectivity index (χ1v) is 15.1. The first-order valence-electron chi connectivity index (χ1n) is 15.1. The van der Waals surface area contributed by atoms with E-state index in [1.165, 1.54) is 12.8 Å². The van der Waals surface area contributed by atoms with E-state index in [4.69, 9.17) is 9.26 Å². The minimum absolute atomic E-state index is 0.0272. The molecule has 218 valence electrons. The minimum Gasteiger partial charge on any atom is -0.494 e. The average Bonchev–Trinajstić information content (AvgIpc) is 3.73. The molecule has 0 aliphatic carbocycles. The van der Waals surface area contributed by atoms with Crippen molar-refractivity contribution in [2.45, 2.75) is 83.7 Å². The lowest BCUT2D eigenvalue weighted by atomic mass is 9.92. The van der Waals surface area contributed by atoms with Crippen LogP contribution in [0.4, 0.5) is 5.95 Å². The molecule has 3 saturated heterocycles. The third-order valence-electron chi connectivity index (χ3n) is 8.28. The van der Waals surface area contributed by atoms with Crippen LogP contribution >= 0.6 is 0 Å². The molecule has 0 spiro atoms. The van der Waals surface area contributed by atoms with Crippen LogP contribution in [-0.4, -0.2) is 78.7 Å². The summed E-state index contributed by atoms with van der Waals surface area (Å²) in [5, 5.41) is 17.5. The highest BCUT2D eigenvalue weighted by Gasteiger charge is 2.26. The van der Waals surface area contributed by atoms with Crippen LogP contribution in [0, 0.1) is 12.8 Å². The maximum absolute atomic E-state index is 12.9. The van der Waals surface area contributed by atoms with Gasteiger partial charge in [0.15, 0.2) is 0 Å². The molecule has 10 heteroatoms. The largest absolute Gasteiger partial charge is 0.494 e. The third kappa shape index (κ3) is 7.53. The van der Waals surface area contributed by atoms with Crippen molar-refractivity contribution >= 4 is 18.1 Å². The number of nitrogens with zero attached hydrogens (tertiary/aromatic N) is 5. The molecule has 1 aromatic carbocycles. The lowest BCUT2D eigenvalue weighted by Gasteiger charge is -2.30. The number of nitrogens with one attached hydrogen (secondary N) is 2. The van der Waals surface area contributed by atoms with Crippen LogP contribution in [0.2, 0.25) is 0 Å². The number of ether oxygens (including phenoxy) is 1. The van der Waals surface area contributed by atoms with Gasteiger partial charge in [0.2, 0.25) is 5.89 Å². The first-order chi connectivity index (χ1) is 19.4. The summed E-state index contributed by atoms with van der Waals surface area (Å²) < 4.78 is 11.4. The number of hydrazone groups is 1. The summed E-state index contributed by atoms with van der Waals surface area (Å²) >= 11 is 0. The van der Waals surface area contributed by atoms with Crippen molar-refractivity contribution in [3.63, 3.8) is 0 Å². The van der Waals surface area contributed by atoms with Crippen molar-refractivity contribution in [3.8, 4) is 5.75 Å². The SMILES string of the molecule is Cc1cc(OCCCC2CCN(c3noc(C(C)C)n3)CC2)ccc1C(=O)NC1CNC(/C=N/N2CCCC2)C1. The number of benzene rings is 1. The zero-order chi connectivity index (χ0) is 27.9. The Morgan fingerprint density at radius 1 is 1.25 bits per heavy atom. The van der Waals surface area contributed by atoms with Gasteiger partial charge in [0.05, 0.1) is 6.61 Å². The lowest BCUT2D eigenvalue weighted by Crippen LogP contribution is -2.36. The van der Waals surface area contributed by atoms with Crippen LogP contribution in [0.3, 0.4) is 0 Å². The third-order valence-corrected chi connectivity index (χ3v) is 8.28. The Hall–Kier alpha value is -3.14. The summed E-state index contributed by atoms with van der Waals surface area (Å²) in [7, 11) is 0. The van der Waals surface area contributed by atoms with Crippen LogP contribution in [0.1, 0.15) is 86.5 Å². The van der Waals surface area contributed by atoms with E-state index in [9.17, 15) is 4.79 Å². The van der Waals surface area contributed by atoms with E-state index >= 15 is 0 Å². The molecular formula is C30H45N7O3. The normalized spacial score (nSPS) is 22.1. The molecule has 1 aromatic heterocycles. The van der Waals surface area contributed by atoms with Crippen molar-refractivity contribution in [3.05, 3.63) is 35.2 Å². The van der Waals surface area contributed by atoms with Crippen molar-refractivity contribution < 1.29 is 14.1 Å². The number of carbonyl (C=O) groups excluding carboxylic acids is 1. The average molecular weight is 552 g/mol. The second-order valence-electron chi connectivity index (χ2n) is 11.8. The number of anilines is 1. The highest BCUT2D eigenvalue weighted by molar-refractivity contribution is 5.96. The lowest BCUT2D eigenvalue weighted by molar-refractivity contribution is 0.0939. The van der Waals surface area contributed by atoms with Crippen molar-refractivity contribution in [2.75, 3.05) is 44.2 Å². The Kier molecular flexibility index (Phi) is 9.57. The number of carbonyl (C=O) groups is 1. The minimum atomic E-state index is -0.0272. The fourth-order valence-electron chi connectivity index (χ4n) is 5.80. The van der Waals surface area contributed by atoms with E-state index < -0.39 is 0 Å². The molecule has 0 saturated carbocycles. The molecule has 2 unspecified atom stereocenters. The van der Waals surface area contributed by atoms with Crippen LogP contribution in [0.25, 0.3) is 0 Å². The summed E-state index contributed by atoms with van der Waals surface area (Å²) in [5.41, 5.74) is 1.64. The van der Waals surface area contributed by atoms with Crippen molar-refractivity contribution in [2.24, 2.45) is 11.0 Å². The second-order valence-corrected chi connectivity index (χ2v) is 11.8. The molecule has 0 bridgehead atoms. The monoisotopic (exact) mass is 551 g/mol. The van der Waals surface area contributed by atoms with Gasteiger partial charge in [-0.1, -0.05) is 13.8 Å². The maximum Gasteiger partial charge on any atom is 0.266 e. The van der Waals surface area contributed by atoms with E-state index in [1.807, 2.05) is 31.3 Å². The van der Waals surface area contributed by atoms with Gasteiger partial charge in [-0.15, -0.1) is 0 Å². The Morgan fingerprint density at radius 2 is 2.05 bits per heavy atom. The molecule has 0 radical (unpaired) electrons. The zero-order valence-corrected chi connectivity index (χ0v) is 24.3. The number of piperidine rings is 1. The van der Waals surface area contributed by atoms with Crippen LogP contribution < -0.4 is 20.3 Å². The predicted molar refractivity (Wildman–Crippen MR) is 156 cm³/mol. The highest BCUT2D eigenvalue weighted by Crippen LogP contribution is 2.26. The zero-order valence-electron chi connectivity index (χ0n) is 24.3. The fourth-order valence-corrected chi connectivity index (χ4v) is 5.80. The van der Waals surface area contributed by atoms with Crippen molar-refractivity contribution in [1.82, 2.24) is 25.8 Å². The molecule has 2 atom stereocenters. The number of hydrogen-bond donors (Lipinski definition) is 2. The topological polar surface area (TPSA) is 108 Å². The maximum atomic E-state index is 12.9. The molecule has 2 aromatic rings. The first kappa shape index (κ1) is 28.4. The van der Waals surface area contributed by atoms with Gasteiger partial charge in [0, 0.05) is 62.5 Å². The van der Waals surface area contributed by atoms with Gasteiger partial charge in [-0.25, -0.2) is 0 Å². The fraction of sp³-hybridized carbons (Fsp3) is 0.667. The highest BCUT2D eigenvalue weighted by atomic mass is 16.5. The summed E-state index contributed by atoms with van der Waals surface area (Å²) in [5.74, 6) is 3.17. The molecule has 3 fully saturated rings. The van der Waals surface area contributed by atoms with E-state index in [0.29, 0.717) is 24.0 Å². The van der Waals surface area contributed by atoms with Gasteiger partial charge >= 0.3 is 0 Å². The Bertz CT molecular complexity index is 1140. The number of hydrogen-bond acceptors (Lipinski definition) is 9. The van der Waals surface area contributed by atoms with Gasteiger partial charge in [-0.3, -0.25) is 9.80 Å². The number of aromatic nitrogens is 2. The van der Waals surface area contributed by atoms with Crippen molar-refractivity contribution in [1.29, 1.82) is 0 Å². The summed E-state index contributed by atoms with van der Waals surface area (Å²) in [6.07, 6.45) is 9.74. The summed E-state index contributed by atoms with van der Waals surface area (Å²) in [6.45, 7) is 11.6. The molecule has 3 aliphatic rings. The quantitative estimate of drug-likeness (QED) is 0.317. The summed E-state index contributed by atoms with van der Waals surface area (Å²) in [4.78, 5) is 19.7. The van der Waals surface area contributed by atoms with E-state index in [0.717, 1.165) is 82.1 Å². The predicted octanol–water partition coefficient (Wildman–Crippen LogP) is 4.12. The van der Waals surface area contributed by atoms with Gasteiger partial charge in [0.1, 0.15) is 5.75 Å². The molecule has 3 aliphatic heterocycles. The molecule has 1 amide bonds. The van der Waals surface area contributed by atoms with Gasteiger partial charge in [-0.05, 0) is 86.7 Å². The Labute approximate surface area is 237 Å². The second kappa shape index (κ2) is 13.5. The standard InChI is InChI=1S/C30H45N7O3/c1-21(2)29-34-30(35-40-29)36-14-10-23(11-15-36)7-6-16-39-26-8-9-27(22(3)17-26)28(38)33-25-18-24(31-19-25)20-32-37-12-4-5-13-37/h8-9,17,20-21,23-25,31H,4-7,10-16,18-19H2,1-3H3,(H,33,38)/b32-20+.